The molecular weight excluding hydrogens is 378 g/mol. The highest BCUT2D eigenvalue weighted by molar-refractivity contribution is 9.11. The SMILES string of the molecule is CCOc1c(Br)cc(Br)cc1CNC(C)(CO)CO. The van der Waals surface area contributed by atoms with Crippen molar-refractivity contribution in [2.45, 2.75) is 25.9 Å². The molecule has 0 bridgehead atoms. The predicted molar refractivity (Wildman–Crippen MR) is 82.4 cm³/mol. The molecule has 19 heavy (non-hydrogen) atoms. The first-order valence-electron chi connectivity index (χ1n) is 6.03. The molecule has 4 nitrogen and oxygen atoms in total. The topological polar surface area (TPSA) is 61.7 Å². The summed E-state index contributed by atoms with van der Waals surface area (Å²) >= 11 is 6.91. The third-order valence-corrected chi connectivity index (χ3v) is 3.82. The van der Waals surface area contributed by atoms with Crippen LogP contribution in [0.4, 0.5) is 0 Å². The van der Waals surface area contributed by atoms with Crippen LogP contribution in [0, 0.1) is 0 Å². The van der Waals surface area contributed by atoms with Gasteiger partial charge in [-0.2, -0.15) is 0 Å². The number of benzene rings is 1. The van der Waals surface area contributed by atoms with E-state index in [1.54, 1.807) is 6.92 Å². The lowest BCUT2D eigenvalue weighted by Crippen LogP contribution is -2.48. The lowest BCUT2D eigenvalue weighted by Gasteiger charge is -2.27. The molecule has 0 radical (unpaired) electrons. The van der Waals surface area contributed by atoms with Crippen molar-refractivity contribution in [1.82, 2.24) is 5.32 Å². The summed E-state index contributed by atoms with van der Waals surface area (Å²) in [5.41, 5.74) is 0.245. The van der Waals surface area contributed by atoms with E-state index in [-0.39, 0.29) is 13.2 Å². The van der Waals surface area contributed by atoms with Crippen molar-refractivity contribution in [3.05, 3.63) is 26.6 Å². The van der Waals surface area contributed by atoms with Gasteiger partial charge in [-0.3, -0.25) is 0 Å². The van der Waals surface area contributed by atoms with E-state index in [0.29, 0.717) is 13.2 Å². The third kappa shape index (κ3) is 4.72. The van der Waals surface area contributed by atoms with E-state index in [1.165, 1.54) is 0 Å². The van der Waals surface area contributed by atoms with Crippen LogP contribution < -0.4 is 10.1 Å². The van der Waals surface area contributed by atoms with E-state index in [9.17, 15) is 10.2 Å². The highest BCUT2D eigenvalue weighted by Crippen LogP contribution is 2.33. The smallest absolute Gasteiger partial charge is 0.138 e. The van der Waals surface area contributed by atoms with Crippen LogP contribution in [-0.2, 0) is 6.54 Å². The van der Waals surface area contributed by atoms with Gasteiger partial charge >= 0.3 is 0 Å². The first-order valence-corrected chi connectivity index (χ1v) is 7.62. The summed E-state index contributed by atoms with van der Waals surface area (Å²) in [5, 5.41) is 21.7. The van der Waals surface area contributed by atoms with Gasteiger partial charge in [-0.15, -0.1) is 0 Å². The Morgan fingerprint density at radius 1 is 1.26 bits per heavy atom. The maximum absolute atomic E-state index is 9.27. The molecule has 0 aliphatic rings. The van der Waals surface area contributed by atoms with E-state index in [2.05, 4.69) is 37.2 Å². The van der Waals surface area contributed by atoms with Crippen molar-refractivity contribution in [2.24, 2.45) is 0 Å². The van der Waals surface area contributed by atoms with E-state index in [0.717, 1.165) is 20.3 Å². The maximum Gasteiger partial charge on any atom is 0.138 e. The summed E-state index contributed by atoms with van der Waals surface area (Å²) in [7, 11) is 0. The van der Waals surface area contributed by atoms with Gasteiger partial charge in [-0.1, -0.05) is 15.9 Å². The highest BCUT2D eigenvalue weighted by Gasteiger charge is 2.22. The molecule has 0 aromatic heterocycles. The van der Waals surface area contributed by atoms with E-state index in [4.69, 9.17) is 4.74 Å². The molecule has 0 unspecified atom stereocenters. The Hall–Kier alpha value is -0.140. The lowest BCUT2D eigenvalue weighted by atomic mass is 10.0. The molecule has 1 aromatic carbocycles. The minimum atomic E-state index is -0.710. The van der Waals surface area contributed by atoms with Crippen LogP contribution in [0.5, 0.6) is 5.75 Å². The number of hydrogen-bond donors (Lipinski definition) is 3. The Bertz CT molecular complexity index is 423. The number of ether oxygens (including phenoxy) is 1. The van der Waals surface area contributed by atoms with Crippen LogP contribution in [0.25, 0.3) is 0 Å². The Morgan fingerprint density at radius 3 is 2.42 bits per heavy atom. The standard InChI is InChI=1S/C13H19Br2NO3/c1-3-19-12-9(4-10(14)5-11(12)15)6-16-13(2,7-17)8-18/h4-5,16-18H,3,6-8H2,1-2H3. The third-order valence-electron chi connectivity index (χ3n) is 2.78. The number of hydrogen-bond acceptors (Lipinski definition) is 4. The second-order valence-corrected chi connectivity index (χ2v) is 6.31. The summed E-state index contributed by atoms with van der Waals surface area (Å²) < 4.78 is 7.43. The number of aliphatic hydroxyl groups excluding tert-OH is 2. The van der Waals surface area contributed by atoms with Gasteiger partial charge in [-0.05, 0) is 41.9 Å². The summed E-state index contributed by atoms with van der Waals surface area (Å²) in [4.78, 5) is 0. The van der Waals surface area contributed by atoms with Crippen molar-refractivity contribution in [2.75, 3.05) is 19.8 Å². The van der Waals surface area contributed by atoms with Gasteiger partial charge in [0.1, 0.15) is 5.75 Å². The molecule has 0 aliphatic heterocycles. The van der Waals surface area contributed by atoms with Crippen LogP contribution in [-0.4, -0.2) is 35.6 Å². The summed E-state index contributed by atoms with van der Waals surface area (Å²) in [6, 6.07) is 3.88. The molecule has 0 atom stereocenters. The van der Waals surface area contributed by atoms with Crippen molar-refractivity contribution in [3.8, 4) is 5.75 Å². The Morgan fingerprint density at radius 2 is 1.89 bits per heavy atom. The van der Waals surface area contributed by atoms with Gasteiger partial charge in [0.15, 0.2) is 0 Å². The largest absolute Gasteiger partial charge is 0.492 e. The lowest BCUT2D eigenvalue weighted by molar-refractivity contribution is 0.103. The van der Waals surface area contributed by atoms with Crippen molar-refractivity contribution < 1.29 is 14.9 Å². The van der Waals surface area contributed by atoms with Crippen molar-refractivity contribution in [1.29, 1.82) is 0 Å². The zero-order valence-electron chi connectivity index (χ0n) is 11.0. The molecule has 0 saturated carbocycles. The molecule has 6 heteroatoms. The number of rotatable bonds is 7. The van der Waals surface area contributed by atoms with Gasteiger partial charge in [-0.25, -0.2) is 0 Å². The Kier molecular flexibility index (Phi) is 6.76. The van der Waals surface area contributed by atoms with Crippen LogP contribution >= 0.6 is 31.9 Å². The first-order chi connectivity index (χ1) is 8.95. The van der Waals surface area contributed by atoms with Gasteiger partial charge < -0.3 is 20.3 Å². The zero-order valence-corrected chi connectivity index (χ0v) is 14.2. The minimum absolute atomic E-state index is 0.136. The monoisotopic (exact) mass is 395 g/mol. The number of nitrogens with one attached hydrogen (secondary N) is 1. The molecule has 0 spiro atoms. The first kappa shape index (κ1) is 16.9. The van der Waals surface area contributed by atoms with Crippen molar-refractivity contribution >= 4 is 31.9 Å². The molecule has 1 aromatic rings. The van der Waals surface area contributed by atoms with Crippen LogP contribution in [0.3, 0.4) is 0 Å². The quantitative estimate of drug-likeness (QED) is 0.662. The van der Waals surface area contributed by atoms with Crippen molar-refractivity contribution in [3.63, 3.8) is 0 Å². The van der Waals surface area contributed by atoms with Crippen LogP contribution in [0.2, 0.25) is 0 Å². The minimum Gasteiger partial charge on any atom is -0.492 e. The molecular formula is C13H19Br2NO3. The van der Waals surface area contributed by atoms with Gasteiger partial charge in [0.2, 0.25) is 0 Å². The van der Waals surface area contributed by atoms with Gasteiger partial charge in [0.25, 0.3) is 0 Å². The molecule has 3 N–H and O–H groups in total. The number of aliphatic hydroxyl groups is 2. The number of halogens is 2. The molecule has 0 amide bonds. The molecule has 108 valence electrons. The maximum atomic E-state index is 9.27. The fraction of sp³-hybridized carbons (Fsp3) is 0.538. The normalized spacial score (nSPS) is 11.7. The fourth-order valence-electron chi connectivity index (χ4n) is 1.52. The summed E-state index contributed by atoms with van der Waals surface area (Å²) in [6.07, 6.45) is 0. The molecule has 1 rings (SSSR count). The van der Waals surface area contributed by atoms with E-state index < -0.39 is 5.54 Å². The highest BCUT2D eigenvalue weighted by atomic mass is 79.9. The second-order valence-electron chi connectivity index (χ2n) is 4.54. The molecule has 0 aliphatic carbocycles. The van der Waals surface area contributed by atoms with Gasteiger partial charge in [0.05, 0.1) is 29.8 Å². The van der Waals surface area contributed by atoms with Crippen LogP contribution in [0.15, 0.2) is 21.1 Å². The summed E-state index contributed by atoms with van der Waals surface area (Å²) in [5.74, 6) is 0.774. The van der Waals surface area contributed by atoms with E-state index in [1.807, 2.05) is 19.1 Å². The average Bonchev–Trinajstić information content (AvgIpc) is 2.39. The zero-order chi connectivity index (χ0) is 14.5. The molecule has 0 heterocycles. The van der Waals surface area contributed by atoms with E-state index >= 15 is 0 Å². The van der Waals surface area contributed by atoms with Gasteiger partial charge in [0, 0.05) is 16.6 Å². The summed E-state index contributed by atoms with van der Waals surface area (Å²) in [6.45, 7) is 4.48. The second kappa shape index (κ2) is 7.59. The average molecular weight is 397 g/mol. The molecule has 0 fully saturated rings. The Balaban J connectivity index is 2.93. The van der Waals surface area contributed by atoms with Crippen LogP contribution in [0.1, 0.15) is 19.4 Å². The molecule has 0 saturated heterocycles. The predicted octanol–water partition coefficient (Wildman–Crippen LogP) is 2.44. The fourth-order valence-corrected chi connectivity index (χ4v) is 2.95. The Labute approximate surface area is 130 Å².